The Labute approximate surface area is 86.1 Å². The van der Waals surface area contributed by atoms with E-state index in [-0.39, 0.29) is 11.8 Å². The van der Waals surface area contributed by atoms with E-state index in [1.54, 1.807) is 0 Å². The van der Waals surface area contributed by atoms with Gasteiger partial charge in [-0.1, -0.05) is 13.8 Å². The molecular weight excluding hydrogens is 176 g/mol. The molecule has 1 atom stereocenters. The molecule has 0 radical (unpaired) electrons. The van der Waals surface area contributed by atoms with Crippen LogP contribution in [0.5, 0.6) is 0 Å². The van der Waals surface area contributed by atoms with E-state index in [0.717, 1.165) is 32.1 Å². The van der Waals surface area contributed by atoms with E-state index in [2.05, 4.69) is 0 Å². The van der Waals surface area contributed by atoms with Crippen LogP contribution < -0.4 is 0 Å². The second-order valence-corrected chi connectivity index (χ2v) is 4.57. The monoisotopic (exact) mass is 196 g/mol. The molecule has 0 aliphatic heterocycles. The summed E-state index contributed by atoms with van der Waals surface area (Å²) in [6, 6.07) is 0. The van der Waals surface area contributed by atoms with Crippen LogP contribution in [0.2, 0.25) is 0 Å². The zero-order valence-corrected chi connectivity index (χ0v) is 9.21. The molecule has 80 valence electrons. The van der Waals surface area contributed by atoms with Gasteiger partial charge in [-0.3, -0.25) is 9.59 Å². The molecule has 0 aromatic carbocycles. The molecule has 0 spiro atoms. The Morgan fingerprint density at radius 1 is 1.50 bits per heavy atom. The normalized spacial score (nSPS) is 21.9. The highest BCUT2D eigenvalue weighted by atomic mass is 16.1. The molecule has 1 unspecified atom stereocenters. The summed E-state index contributed by atoms with van der Waals surface area (Å²) in [6.45, 7) is 3.87. The highest BCUT2D eigenvalue weighted by molar-refractivity contribution is 5.83. The van der Waals surface area contributed by atoms with Gasteiger partial charge >= 0.3 is 0 Å². The number of hydrogen-bond acceptors (Lipinski definition) is 2. The van der Waals surface area contributed by atoms with Crippen molar-refractivity contribution in [3.8, 4) is 0 Å². The number of carbonyl (C=O) groups is 2. The quantitative estimate of drug-likeness (QED) is 0.677. The van der Waals surface area contributed by atoms with Gasteiger partial charge in [-0.25, -0.2) is 0 Å². The zero-order chi connectivity index (χ0) is 10.6. The van der Waals surface area contributed by atoms with Crippen molar-refractivity contribution >= 4 is 11.6 Å². The molecule has 1 rings (SSSR count). The van der Waals surface area contributed by atoms with Gasteiger partial charge in [0.15, 0.2) is 0 Å². The number of carbonyl (C=O) groups excluding carboxylic acids is 2. The van der Waals surface area contributed by atoms with Gasteiger partial charge in [-0.15, -0.1) is 0 Å². The van der Waals surface area contributed by atoms with Gasteiger partial charge in [0, 0.05) is 24.7 Å². The SMILES string of the molecule is CC(C)C(=O)CCCC1CCCC1=O. The first-order valence-electron chi connectivity index (χ1n) is 5.66. The predicted octanol–water partition coefficient (Wildman–Crippen LogP) is 2.75. The van der Waals surface area contributed by atoms with Crippen molar-refractivity contribution in [3.63, 3.8) is 0 Å². The lowest BCUT2D eigenvalue weighted by molar-refractivity contribution is -0.123. The van der Waals surface area contributed by atoms with E-state index >= 15 is 0 Å². The van der Waals surface area contributed by atoms with Crippen LogP contribution in [-0.2, 0) is 9.59 Å². The largest absolute Gasteiger partial charge is 0.299 e. The summed E-state index contributed by atoms with van der Waals surface area (Å²) in [5.41, 5.74) is 0. The number of rotatable bonds is 5. The molecule has 1 fully saturated rings. The molecule has 2 heteroatoms. The summed E-state index contributed by atoms with van der Waals surface area (Å²) in [5, 5.41) is 0. The lowest BCUT2D eigenvalue weighted by Crippen LogP contribution is -2.10. The van der Waals surface area contributed by atoms with E-state index in [9.17, 15) is 9.59 Å². The number of Topliss-reactive ketones (excluding diaryl/α,β-unsaturated/α-hetero) is 2. The minimum Gasteiger partial charge on any atom is -0.299 e. The lowest BCUT2D eigenvalue weighted by Gasteiger charge is -2.07. The van der Waals surface area contributed by atoms with E-state index in [0.29, 0.717) is 18.0 Å². The molecule has 1 saturated carbocycles. The zero-order valence-electron chi connectivity index (χ0n) is 9.21. The van der Waals surface area contributed by atoms with Crippen LogP contribution in [0.3, 0.4) is 0 Å². The van der Waals surface area contributed by atoms with E-state index in [4.69, 9.17) is 0 Å². The van der Waals surface area contributed by atoms with E-state index in [1.807, 2.05) is 13.8 Å². The van der Waals surface area contributed by atoms with Gasteiger partial charge in [0.25, 0.3) is 0 Å². The van der Waals surface area contributed by atoms with Gasteiger partial charge in [0.2, 0.25) is 0 Å². The van der Waals surface area contributed by atoms with Crippen LogP contribution in [0.1, 0.15) is 52.4 Å². The summed E-state index contributed by atoms with van der Waals surface area (Å²) in [6.07, 6.45) is 5.35. The molecule has 0 saturated heterocycles. The first-order valence-corrected chi connectivity index (χ1v) is 5.66. The summed E-state index contributed by atoms with van der Waals surface area (Å²) >= 11 is 0. The molecule has 0 N–H and O–H groups in total. The molecule has 0 heterocycles. The third-order valence-electron chi connectivity index (χ3n) is 3.05. The Kier molecular flexibility index (Phi) is 4.30. The summed E-state index contributed by atoms with van der Waals surface area (Å²) in [7, 11) is 0. The Bertz CT molecular complexity index is 218. The van der Waals surface area contributed by atoms with Gasteiger partial charge in [-0.2, -0.15) is 0 Å². The van der Waals surface area contributed by atoms with Crippen molar-refractivity contribution in [3.05, 3.63) is 0 Å². The average Bonchev–Trinajstić information content (AvgIpc) is 2.51. The van der Waals surface area contributed by atoms with Crippen LogP contribution in [0, 0.1) is 11.8 Å². The van der Waals surface area contributed by atoms with Crippen LogP contribution in [0.4, 0.5) is 0 Å². The van der Waals surface area contributed by atoms with Crippen LogP contribution >= 0.6 is 0 Å². The molecule has 0 aromatic rings. The Morgan fingerprint density at radius 3 is 2.71 bits per heavy atom. The lowest BCUT2D eigenvalue weighted by atomic mass is 9.96. The van der Waals surface area contributed by atoms with Crippen LogP contribution in [-0.4, -0.2) is 11.6 Å². The fraction of sp³-hybridized carbons (Fsp3) is 0.833. The number of ketones is 2. The molecule has 0 aromatic heterocycles. The molecule has 2 nitrogen and oxygen atoms in total. The Hall–Kier alpha value is -0.660. The first-order chi connectivity index (χ1) is 6.61. The smallest absolute Gasteiger partial charge is 0.135 e. The molecule has 1 aliphatic rings. The van der Waals surface area contributed by atoms with Gasteiger partial charge in [0.05, 0.1) is 0 Å². The van der Waals surface area contributed by atoms with Gasteiger partial charge in [0.1, 0.15) is 11.6 Å². The maximum Gasteiger partial charge on any atom is 0.135 e. The van der Waals surface area contributed by atoms with Gasteiger partial charge < -0.3 is 0 Å². The Balaban J connectivity index is 2.15. The molecular formula is C12H20O2. The summed E-state index contributed by atoms with van der Waals surface area (Å²) in [5.74, 6) is 1.17. The minimum absolute atomic E-state index is 0.147. The van der Waals surface area contributed by atoms with Gasteiger partial charge in [-0.05, 0) is 25.7 Å². The van der Waals surface area contributed by atoms with Crippen molar-refractivity contribution < 1.29 is 9.59 Å². The summed E-state index contributed by atoms with van der Waals surface area (Å²) < 4.78 is 0. The predicted molar refractivity (Wildman–Crippen MR) is 56.0 cm³/mol. The first kappa shape index (κ1) is 11.4. The van der Waals surface area contributed by atoms with Crippen LogP contribution in [0.15, 0.2) is 0 Å². The minimum atomic E-state index is 0.147. The summed E-state index contributed by atoms with van der Waals surface area (Å²) in [4.78, 5) is 22.6. The van der Waals surface area contributed by atoms with Crippen molar-refractivity contribution in [2.24, 2.45) is 11.8 Å². The van der Waals surface area contributed by atoms with Crippen molar-refractivity contribution in [1.82, 2.24) is 0 Å². The highest BCUT2D eigenvalue weighted by Crippen LogP contribution is 2.26. The fourth-order valence-corrected chi connectivity index (χ4v) is 2.00. The molecule has 14 heavy (non-hydrogen) atoms. The van der Waals surface area contributed by atoms with E-state index in [1.165, 1.54) is 0 Å². The van der Waals surface area contributed by atoms with Crippen LogP contribution in [0.25, 0.3) is 0 Å². The fourth-order valence-electron chi connectivity index (χ4n) is 2.00. The Morgan fingerprint density at radius 2 is 2.21 bits per heavy atom. The average molecular weight is 196 g/mol. The second kappa shape index (κ2) is 5.28. The van der Waals surface area contributed by atoms with Crippen molar-refractivity contribution in [2.45, 2.75) is 52.4 Å². The van der Waals surface area contributed by atoms with Crippen molar-refractivity contribution in [2.75, 3.05) is 0 Å². The third-order valence-corrected chi connectivity index (χ3v) is 3.05. The maximum atomic E-state index is 11.3. The second-order valence-electron chi connectivity index (χ2n) is 4.57. The molecule has 0 bridgehead atoms. The van der Waals surface area contributed by atoms with E-state index < -0.39 is 0 Å². The number of hydrogen-bond donors (Lipinski definition) is 0. The maximum absolute atomic E-state index is 11.3. The topological polar surface area (TPSA) is 34.1 Å². The molecule has 1 aliphatic carbocycles. The molecule has 0 amide bonds. The third kappa shape index (κ3) is 3.24. The standard InChI is InChI=1S/C12H20O2/c1-9(2)11(13)7-3-5-10-6-4-8-12(10)14/h9-10H,3-8H2,1-2H3. The van der Waals surface area contributed by atoms with Crippen molar-refractivity contribution in [1.29, 1.82) is 0 Å². The highest BCUT2D eigenvalue weighted by Gasteiger charge is 2.23.